The highest BCUT2D eigenvalue weighted by Gasteiger charge is 2.12. The molecule has 0 saturated heterocycles. The molecule has 0 aliphatic heterocycles. The van der Waals surface area contributed by atoms with Crippen molar-refractivity contribution in [1.29, 1.82) is 0 Å². The first kappa shape index (κ1) is 13.3. The second kappa shape index (κ2) is 5.68. The van der Waals surface area contributed by atoms with E-state index in [1.165, 1.54) is 27.1 Å². The molecule has 0 fully saturated rings. The van der Waals surface area contributed by atoms with Gasteiger partial charge in [0.15, 0.2) is 0 Å². The predicted molar refractivity (Wildman–Crippen MR) is 80.2 cm³/mol. The average Bonchev–Trinajstić information content (AvgIpc) is 2.82. The molecule has 1 heterocycles. The molecule has 0 saturated carbocycles. The fraction of sp³-hybridized carbons (Fsp3) is 0.375. The van der Waals surface area contributed by atoms with Crippen LogP contribution in [0.15, 0.2) is 29.6 Å². The molecule has 96 valence electrons. The standard InChI is InChI=1S/C16H21NS/c1-4-14-7-8-18-16(14)15(17)10-13-6-5-11(2)12(3)9-13/h5-9,15H,4,10,17H2,1-3H3. The van der Waals surface area contributed by atoms with Crippen molar-refractivity contribution in [3.05, 3.63) is 56.8 Å². The van der Waals surface area contributed by atoms with Gasteiger partial charge in [0.25, 0.3) is 0 Å². The number of hydrogen-bond acceptors (Lipinski definition) is 2. The van der Waals surface area contributed by atoms with Crippen molar-refractivity contribution in [1.82, 2.24) is 0 Å². The first-order valence-electron chi connectivity index (χ1n) is 6.49. The number of thiophene rings is 1. The zero-order chi connectivity index (χ0) is 13.1. The van der Waals surface area contributed by atoms with E-state index in [9.17, 15) is 0 Å². The largest absolute Gasteiger partial charge is 0.323 e. The maximum Gasteiger partial charge on any atom is 0.0433 e. The Morgan fingerprint density at radius 2 is 1.94 bits per heavy atom. The van der Waals surface area contributed by atoms with Crippen molar-refractivity contribution in [2.45, 2.75) is 39.7 Å². The van der Waals surface area contributed by atoms with E-state index in [2.05, 4.69) is 50.4 Å². The third-order valence-electron chi connectivity index (χ3n) is 3.53. The molecule has 1 aromatic carbocycles. The fourth-order valence-corrected chi connectivity index (χ4v) is 3.24. The fourth-order valence-electron chi connectivity index (χ4n) is 2.24. The Kier molecular flexibility index (Phi) is 4.20. The van der Waals surface area contributed by atoms with Crippen LogP contribution < -0.4 is 5.73 Å². The molecule has 1 aromatic heterocycles. The first-order chi connectivity index (χ1) is 8.61. The van der Waals surface area contributed by atoms with Gasteiger partial charge in [-0.2, -0.15) is 0 Å². The Hall–Kier alpha value is -1.12. The van der Waals surface area contributed by atoms with E-state index in [0.717, 1.165) is 12.8 Å². The van der Waals surface area contributed by atoms with Crippen molar-refractivity contribution in [3.63, 3.8) is 0 Å². The van der Waals surface area contributed by atoms with Crippen LogP contribution in [0.1, 0.15) is 40.1 Å². The van der Waals surface area contributed by atoms with E-state index in [-0.39, 0.29) is 6.04 Å². The smallest absolute Gasteiger partial charge is 0.0433 e. The van der Waals surface area contributed by atoms with Crippen LogP contribution in [0.5, 0.6) is 0 Å². The summed E-state index contributed by atoms with van der Waals surface area (Å²) in [5, 5.41) is 2.15. The second-order valence-corrected chi connectivity index (χ2v) is 5.84. The monoisotopic (exact) mass is 259 g/mol. The van der Waals surface area contributed by atoms with Gasteiger partial charge in [-0.25, -0.2) is 0 Å². The van der Waals surface area contributed by atoms with Gasteiger partial charge in [-0.05, 0) is 60.4 Å². The molecule has 0 spiro atoms. The van der Waals surface area contributed by atoms with Crippen molar-refractivity contribution in [2.24, 2.45) is 5.73 Å². The van der Waals surface area contributed by atoms with E-state index in [1.54, 1.807) is 11.3 Å². The van der Waals surface area contributed by atoms with E-state index >= 15 is 0 Å². The van der Waals surface area contributed by atoms with Gasteiger partial charge in [-0.3, -0.25) is 0 Å². The Morgan fingerprint density at radius 3 is 2.61 bits per heavy atom. The highest BCUT2D eigenvalue weighted by Crippen LogP contribution is 2.26. The number of benzene rings is 1. The van der Waals surface area contributed by atoms with E-state index in [1.807, 2.05) is 0 Å². The summed E-state index contributed by atoms with van der Waals surface area (Å²) < 4.78 is 0. The minimum Gasteiger partial charge on any atom is -0.323 e. The first-order valence-corrected chi connectivity index (χ1v) is 7.37. The van der Waals surface area contributed by atoms with E-state index in [0.29, 0.717) is 0 Å². The van der Waals surface area contributed by atoms with Crippen LogP contribution in [0, 0.1) is 13.8 Å². The summed E-state index contributed by atoms with van der Waals surface area (Å²) in [4.78, 5) is 1.34. The van der Waals surface area contributed by atoms with Crippen molar-refractivity contribution in [2.75, 3.05) is 0 Å². The van der Waals surface area contributed by atoms with Crippen LogP contribution in [0.4, 0.5) is 0 Å². The Balaban J connectivity index is 2.16. The van der Waals surface area contributed by atoms with Crippen molar-refractivity contribution < 1.29 is 0 Å². The zero-order valence-electron chi connectivity index (χ0n) is 11.4. The van der Waals surface area contributed by atoms with Crippen LogP contribution in [0.3, 0.4) is 0 Å². The van der Waals surface area contributed by atoms with Crippen LogP contribution in [-0.4, -0.2) is 0 Å². The van der Waals surface area contributed by atoms with Gasteiger partial charge >= 0.3 is 0 Å². The van der Waals surface area contributed by atoms with E-state index in [4.69, 9.17) is 5.73 Å². The van der Waals surface area contributed by atoms with Gasteiger partial charge < -0.3 is 5.73 Å². The van der Waals surface area contributed by atoms with Gasteiger partial charge in [0, 0.05) is 10.9 Å². The molecule has 2 N–H and O–H groups in total. The van der Waals surface area contributed by atoms with Crippen LogP contribution in [0.25, 0.3) is 0 Å². The third kappa shape index (κ3) is 2.82. The lowest BCUT2D eigenvalue weighted by molar-refractivity contribution is 0.727. The number of hydrogen-bond donors (Lipinski definition) is 1. The lowest BCUT2D eigenvalue weighted by Gasteiger charge is -2.13. The van der Waals surface area contributed by atoms with Gasteiger partial charge in [0.2, 0.25) is 0 Å². The molecular formula is C16H21NS. The molecule has 1 atom stereocenters. The van der Waals surface area contributed by atoms with Crippen LogP contribution in [-0.2, 0) is 12.8 Å². The second-order valence-electron chi connectivity index (χ2n) is 4.89. The highest BCUT2D eigenvalue weighted by molar-refractivity contribution is 7.10. The Labute approximate surface area is 114 Å². The molecule has 2 rings (SSSR count). The highest BCUT2D eigenvalue weighted by atomic mass is 32.1. The normalized spacial score (nSPS) is 12.7. The zero-order valence-corrected chi connectivity index (χ0v) is 12.2. The number of nitrogens with two attached hydrogens (primary N) is 1. The lowest BCUT2D eigenvalue weighted by atomic mass is 9.99. The summed E-state index contributed by atoms with van der Waals surface area (Å²) in [5.74, 6) is 0. The summed E-state index contributed by atoms with van der Waals surface area (Å²) in [5.41, 5.74) is 11.8. The average molecular weight is 259 g/mol. The topological polar surface area (TPSA) is 26.0 Å². The Morgan fingerprint density at radius 1 is 1.17 bits per heavy atom. The molecular weight excluding hydrogens is 238 g/mol. The van der Waals surface area contributed by atoms with Gasteiger partial charge in [0.1, 0.15) is 0 Å². The summed E-state index contributed by atoms with van der Waals surface area (Å²) in [6.45, 7) is 6.49. The number of aryl methyl sites for hydroxylation is 3. The van der Waals surface area contributed by atoms with Crippen molar-refractivity contribution in [3.8, 4) is 0 Å². The molecule has 2 heteroatoms. The molecule has 1 unspecified atom stereocenters. The summed E-state index contributed by atoms with van der Waals surface area (Å²) >= 11 is 1.78. The van der Waals surface area contributed by atoms with Gasteiger partial charge in [-0.15, -0.1) is 11.3 Å². The van der Waals surface area contributed by atoms with Gasteiger partial charge in [-0.1, -0.05) is 25.1 Å². The third-order valence-corrected chi connectivity index (χ3v) is 4.62. The van der Waals surface area contributed by atoms with E-state index < -0.39 is 0 Å². The lowest BCUT2D eigenvalue weighted by Crippen LogP contribution is -2.13. The minimum atomic E-state index is 0.127. The molecule has 18 heavy (non-hydrogen) atoms. The minimum absolute atomic E-state index is 0.127. The molecule has 0 aliphatic carbocycles. The molecule has 2 aromatic rings. The summed E-state index contributed by atoms with van der Waals surface area (Å²) in [6.07, 6.45) is 1.99. The van der Waals surface area contributed by atoms with Gasteiger partial charge in [0.05, 0.1) is 0 Å². The molecule has 0 bridgehead atoms. The Bertz CT molecular complexity index is 528. The van der Waals surface area contributed by atoms with Crippen molar-refractivity contribution >= 4 is 11.3 Å². The molecule has 0 aliphatic rings. The summed E-state index contributed by atoms with van der Waals surface area (Å²) in [6, 6.07) is 8.96. The SMILES string of the molecule is CCc1ccsc1C(N)Cc1ccc(C)c(C)c1. The quantitative estimate of drug-likeness (QED) is 0.876. The maximum atomic E-state index is 6.35. The van der Waals surface area contributed by atoms with Crippen LogP contribution in [0.2, 0.25) is 0 Å². The number of rotatable bonds is 4. The maximum absolute atomic E-state index is 6.35. The molecule has 0 radical (unpaired) electrons. The van der Waals surface area contributed by atoms with Crippen LogP contribution >= 0.6 is 11.3 Å². The predicted octanol–water partition coefficient (Wildman–Crippen LogP) is 4.17. The summed E-state index contributed by atoms with van der Waals surface area (Å²) in [7, 11) is 0. The molecule has 0 amide bonds. The molecule has 1 nitrogen and oxygen atoms in total.